The molecule has 0 spiro atoms. The molecular formula is C16H24N2O2S. The van der Waals surface area contributed by atoms with Crippen molar-refractivity contribution in [3.63, 3.8) is 0 Å². The third-order valence-electron chi connectivity index (χ3n) is 4.41. The summed E-state index contributed by atoms with van der Waals surface area (Å²) < 4.78 is 5.32. The number of methoxy groups -OCH3 is 1. The zero-order valence-electron chi connectivity index (χ0n) is 12.9. The van der Waals surface area contributed by atoms with Crippen molar-refractivity contribution in [2.45, 2.75) is 38.6 Å². The summed E-state index contributed by atoms with van der Waals surface area (Å²) in [6, 6.07) is 2.53. The van der Waals surface area contributed by atoms with Crippen LogP contribution in [0.4, 0.5) is 0 Å². The normalized spacial score (nSPS) is 19.8. The molecule has 1 aromatic heterocycles. The molecule has 1 saturated heterocycles. The first-order valence-electron chi connectivity index (χ1n) is 7.84. The average molecular weight is 308 g/mol. The fraction of sp³-hybridized carbons (Fsp3) is 0.688. The lowest BCUT2D eigenvalue weighted by molar-refractivity contribution is 0.0707. The summed E-state index contributed by atoms with van der Waals surface area (Å²) in [5, 5.41) is 3.65. The molecule has 1 aromatic rings. The summed E-state index contributed by atoms with van der Waals surface area (Å²) in [4.78, 5) is 16.5. The second-order valence-corrected chi connectivity index (χ2v) is 7.43. The molecule has 0 atom stereocenters. The Morgan fingerprint density at radius 3 is 2.71 bits per heavy atom. The zero-order valence-corrected chi connectivity index (χ0v) is 13.7. The Hall–Kier alpha value is -1.07. The molecule has 1 N–H and O–H groups in total. The number of nitrogens with one attached hydrogen (secondary N) is 1. The molecule has 0 bridgehead atoms. The molecule has 2 fully saturated rings. The highest BCUT2D eigenvalue weighted by atomic mass is 32.1. The average Bonchev–Trinajstić information content (AvgIpc) is 3.26. The molecule has 1 aliphatic carbocycles. The van der Waals surface area contributed by atoms with Crippen LogP contribution in [-0.2, 0) is 0 Å². The van der Waals surface area contributed by atoms with Gasteiger partial charge in [0.25, 0.3) is 5.91 Å². The van der Waals surface area contributed by atoms with Gasteiger partial charge in [-0.2, -0.15) is 0 Å². The Labute approximate surface area is 130 Å². The maximum absolute atomic E-state index is 12.6. The molecule has 0 radical (unpaired) electrons. The number of hydrogen-bond donors (Lipinski definition) is 1. The minimum atomic E-state index is 0.130. The van der Waals surface area contributed by atoms with E-state index >= 15 is 0 Å². The van der Waals surface area contributed by atoms with Crippen LogP contribution in [0.5, 0.6) is 5.75 Å². The van der Waals surface area contributed by atoms with E-state index in [1.807, 2.05) is 17.9 Å². The number of piperidine rings is 1. The van der Waals surface area contributed by atoms with Gasteiger partial charge in [0.15, 0.2) is 0 Å². The molecule has 1 amide bonds. The zero-order chi connectivity index (χ0) is 14.8. The number of ether oxygens (including phenoxy) is 1. The van der Waals surface area contributed by atoms with E-state index in [2.05, 4.69) is 5.32 Å². The van der Waals surface area contributed by atoms with Crippen molar-refractivity contribution >= 4 is 17.2 Å². The predicted molar refractivity (Wildman–Crippen MR) is 85.3 cm³/mol. The highest BCUT2D eigenvalue weighted by molar-refractivity contribution is 7.14. The van der Waals surface area contributed by atoms with Crippen LogP contribution in [0.25, 0.3) is 0 Å². The van der Waals surface area contributed by atoms with Gasteiger partial charge in [0, 0.05) is 24.0 Å². The molecule has 5 heteroatoms. The first-order valence-corrected chi connectivity index (χ1v) is 8.66. The molecule has 21 heavy (non-hydrogen) atoms. The van der Waals surface area contributed by atoms with Gasteiger partial charge in [0.2, 0.25) is 0 Å². The van der Waals surface area contributed by atoms with E-state index in [0.717, 1.165) is 53.9 Å². The van der Waals surface area contributed by atoms with Crippen LogP contribution in [0, 0.1) is 12.8 Å². The Morgan fingerprint density at radius 1 is 1.38 bits per heavy atom. The fourth-order valence-electron chi connectivity index (χ4n) is 2.88. The van der Waals surface area contributed by atoms with Crippen molar-refractivity contribution in [3.8, 4) is 5.75 Å². The van der Waals surface area contributed by atoms with Crippen molar-refractivity contribution in [3.05, 3.63) is 15.8 Å². The van der Waals surface area contributed by atoms with Crippen LogP contribution in [0.1, 0.15) is 40.2 Å². The van der Waals surface area contributed by atoms with E-state index in [-0.39, 0.29) is 5.91 Å². The minimum absolute atomic E-state index is 0.130. The Balaban J connectivity index is 1.54. The molecule has 2 heterocycles. The SMILES string of the molecule is COc1cc(C)sc1C(=O)N1CCC(NCC2CC2)CC1. The van der Waals surface area contributed by atoms with Crippen LogP contribution < -0.4 is 10.1 Å². The third-order valence-corrected chi connectivity index (χ3v) is 5.43. The van der Waals surface area contributed by atoms with Crippen LogP contribution in [0.2, 0.25) is 0 Å². The number of carbonyl (C=O) groups excluding carboxylic acids is 1. The molecule has 1 saturated carbocycles. The number of amides is 1. The van der Waals surface area contributed by atoms with Crippen molar-refractivity contribution in [1.82, 2.24) is 10.2 Å². The summed E-state index contributed by atoms with van der Waals surface area (Å²) in [5.74, 6) is 1.77. The van der Waals surface area contributed by atoms with Gasteiger partial charge < -0.3 is 15.0 Å². The maximum Gasteiger partial charge on any atom is 0.267 e. The number of nitrogens with zero attached hydrogens (tertiary/aromatic N) is 1. The quantitative estimate of drug-likeness (QED) is 0.909. The first kappa shape index (κ1) is 14.9. The van der Waals surface area contributed by atoms with Gasteiger partial charge in [0.1, 0.15) is 10.6 Å². The first-order chi connectivity index (χ1) is 10.2. The molecule has 1 aliphatic heterocycles. The summed E-state index contributed by atoms with van der Waals surface area (Å²) in [5.41, 5.74) is 0. The highest BCUT2D eigenvalue weighted by Crippen LogP contribution is 2.31. The van der Waals surface area contributed by atoms with E-state index in [0.29, 0.717) is 6.04 Å². The highest BCUT2D eigenvalue weighted by Gasteiger charge is 2.28. The number of thiophene rings is 1. The van der Waals surface area contributed by atoms with Crippen LogP contribution in [-0.4, -0.2) is 43.6 Å². The van der Waals surface area contributed by atoms with Gasteiger partial charge in [-0.05, 0) is 51.1 Å². The van der Waals surface area contributed by atoms with E-state index in [1.54, 1.807) is 7.11 Å². The lowest BCUT2D eigenvalue weighted by atomic mass is 10.0. The smallest absolute Gasteiger partial charge is 0.267 e. The number of rotatable bonds is 5. The maximum atomic E-state index is 12.6. The molecule has 116 valence electrons. The number of carbonyl (C=O) groups is 1. The fourth-order valence-corrected chi connectivity index (χ4v) is 3.82. The lowest BCUT2D eigenvalue weighted by Gasteiger charge is -2.32. The standard InChI is InChI=1S/C16H24N2O2S/c1-11-9-14(20-2)15(21-11)16(19)18-7-5-13(6-8-18)17-10-12-3-4-12/h9,12-13,17H,3-8,10H2,1-2H3. The van der Waals surface area contributed by atoms with E-state index < -0.39 is 0 Å². The van der Waals surface area contributed by atoms with Crippen molar-refractivity contribution in [2.75, 3.05) is 26.7 Å². The summed E-state index contributed by atoms with van der Waals surface area (Å²) in [7, 11) is 1.63. The van der Waals surface area contributed by atoms with Gasteiger partial charge in [-0.25, -0.2) is 0 Å². The van der Waals surface area contributed by atoms with Gasteiger partial charge in [-0.15, -0.1) is 11.3 Å². The molecule has 0 unspecified atom stereocenters. The van der Waals surface area contributed by atoms with E-state index in [1.165, 1.54) is 24.2 Å². The van der Waals surface area contributed by atoms with Gasteiger partial charge in [0.05, 0.1) is 7.11 Å². The van der Waals surface area contributed by atoms with E-state index in [4.69, 9.17) is 4.74 Å². The monoisotopic (exact) mass is 308 g/mol. The van der Waals surface area contributed by atoms with Gasteiger partial charge in [-0.3, -0.25) is 4.79 Å². The Bertz CT molecular complexity index is 502. The van der Waals surface area contributed by atoms with Gasteiger partial charge >= 0.3 is 0 Å². The van der Waals surface area contributed by atoms with Gasteiger partial charge in [-0.1, -0.05) is 0 Å². The lowest BCUT2D eigenvalue weighted by Crippen LogP contribution is -2.45. The van der Waals surface area contributed by atoms with Crippen molar-refractivity contribution in [2.24, 2.45) is 5.92 Å². The summed E-state index contributed by atoms with van der Waals surface area (Å²) >= 11 is 1.53. The van der Waals surface area contributed by atoms with Crippen LogP contribution in [0.15, 0.2) is 6.07 Å². The van der Waals surface area contributed by atoms with Crippen LogP contribution in [0.3, 0.4) is 0 Å². The van der Waals surface area contributed by atoms with Crippen molar-refractivity contribution in [1.29, 1.82) is 0 Å². The molecule has 0 aromatic carbocycles. The van der Waals surface area contributed by atoms with Crippen molar-refractivity contribution < 1.29 is 9.53 Å². The Morgan fingerprint density at radius 2 is 2.10 bits per heavy atom. The molecular weight excluding hydrogens is 284 g/mol. The second-order valence-electron chi connectivity index (χ2n) is 6.17. The summed E-state index contributed by atoms with van der Waals surface area (Å²) in [6.45, 7) is 4.87. The minimum Gasteiger partial charge on any atom is -0.495 e. The number of hydrogen-bond acceptors (Lipinski definition) is 4. The van der Waals surface area contributed by atoms with Crippen LogP contribution >= 0.6 is 11.3 Å². The largest absolute Gasteiger partial charge is 0.495 e. The Kier molecular flexibility index (Phi) is 4.50. The molecule has 3 rings (SSSR count). The topological polar surface area (TPSA) is 41.6 Å². The molecule has 2 aliphatic rings. The number of likely N-dealkylation sites (tertiary alicyclic amines) is 1. The molecule has 4 nitrogen and oxygen atoms in total. The van der Waals surface area contributed by atoms with E-state index in [9.17, 15) is 4.79 Å². The predicted octanol–water partition coefficient (Wildman–Crippen LogP) is 2.67. The number of aryl methyl sites for hydroxylation is 1. The third kappa shape index (κ3) is 3.58. The second kappa shape index (κ2) is 6.36. The summed E-state index contributed by atoms with van der Waals surface area (Å²) in [6.07, 6.45) is 4.90.